The van der Waals surface area contributed by atoms with Gasteiger partial charge in [-0.05, 0) is 60.0 Å². The molecule has 4 N–H and O–H groups in total. The lowest BCUT2D eigenvalue weighted by Gasteiger charge is -2.23. The Morgan fingerprint density at radius 1 is 0.744 bits per heavy atom. The molecule has 3 aromatic heterocycles. The zero-order valence-corrected chi connectivity index (χ0v) is 24.9. The molecule has 0 amide bonds. The molecule has 3 heterocycles. The first kappa shape index (κ1) is 30.3. The number of pyridine rings is 2. The number of fused-ring (bicyclic) bond motifs is 1. The molecule has 0 spiro atoms. The molecule has 0 aliphatic heterocycles. The standard InChI is InChI=1S/C34H42N8O/c1-2-43-31-10-11-32-33(21-31)41-34(40-32)25-38-23-27-6-8-29(9-7-27)26-42(19-17-36-22-28-12-15-35-16-13-28)20-18-37-24-30-5-3-4-14-39-30/h3-16,21,36-38H,2,17-20,22-26H2,1H3,(H,40,41). The Kier molecular flexibility index (Phi) is 11.6. The molecular weight excluding hydrogens is 536 g/mol. The van der Waals surface area contributed by atoms with E-state index in [4.69, 9.17) is 9.72 Å². The van der Waals surface area contributed by atoms with E-state index in [0.717, 1.165) is 80.7 Å². The zero-order chi connectivity index (χ0) is 29.5. The summed E-state index contributed by atoms with van der Waals surface area (Å²) in [6, 6.07) is 25.0. The summed E-state index contributed by atoms with van der Waals surface area (Å²) in [5.41, 5.74) is 6.82. The SMILES string of the molecule is CCOc1ccc2nc(CNCc3ccc(CN(CCNCc4ccncc4)CCNCc4ccccn4)cc3)[nH]c2c1. The van der Waals surface area contributed by atoms with Crippen LogP contribution in [0.15, 0.2) is 91.4 Å². The van der Waals surface area contributed by atoms with Crippen molar-refractivity contribution in [2.24, 2.45) is 0 Å². The molecule has 224 valence electrons. The van der Waals surface area contributed by atoms with E-state index in [-0.39, 0.29) is 0 Å². The fourth-order valence-corrected chi connectivity index (χ4v) is 4.92. The summed E-state index contributed by atoms with van der Waals surface area (Å²) in [6.45, 7) is 10.3. The molecule has 9 nitrogen and oxygen atoms in total. The van der Waals surface area contributed by atoms with Gasteiger partial charge in [0.15, 0.2) is 0 Å². The van der Waals surface area contributed by atoms with E-state index in [0.29, 0.717) is 13.2 Å². The summed E-state index contributed by atoms with van der Waals surface area (Å²) in [6.07, 6.45) is 5.52. The summed E-state index contributed by atoms with van der Waals surface area (Å²) in [7, 11) is 0. The van der Waals surface area contributed by atoms with Crippen molar-refractivity contribution >= 4 is 11.0 Å². The average Bonchev–Trinajstić information content (AvgIpc) is 3.45. The van der Waals surface area contributed by atoms with Crippen molar-refractivity contribution < 1.29 is 4.74 Å². The summed E-state index contributed by atoms with van der Waals surface area (Å²) in [5.74, 6) is 1.78. The molecule has 0 unspecified atom stereocenters. The van der Waals surface area contributed by atoms with Crippen LogP contribution in [-0.2, 0) is 32.7 Å². The normalized spacial score (nSPS) is 11.4. The van der Waals surface area contributed by atoms with E-state index in [9.17, 15) is 0 Å². The van der Waals surface area contributed by atoms with Crippen LogP contribution in [-0.4, -0.2) is 57.6 Å². The highest BCUT2D eigenvalue weighted by molar-refractivity contribution is 5.76. The second kappa shape index (κ2) is 16.5. The molecule has 0 saturated carbocycles. The van der Waals surface area contributed by atoms with Crippen molar-refractivity contribution in [2.75, 3.05) is 32.8 Å². The molecule has 0 aliphatic carbocycles. The number of H-pyrrole nitrogens is 1. The summed E-state index contributed by atoms with van der Waals surface area (Å²) in [4.78, 5) is 19.1. The number of aromatic nitrogens is 4. The molecular formula is C34H42N8O. The minimum atomic E-state index is 0.652. The van der Waals surface area contributed by atoms with Crippen molar-refractivity contribution in [3.8, 4) is 5.75 Å². The van der Waals surface area contributed by atoms with E-state index < -0.39 is 0 Å². The van der Waals surface area contributed by atoms with Crippen molar-refractivity contribution in [3.63, 3.8) is 0 Å². The number of hydrogen-bond acceptors (Lipinski definition) is 8. The van der Waals surface area contributed by atoms with E-state index >= 15 is 0 Å². The van der Waals surface area contributed by atoms with E-state index in [1.54, 1.807) is 0 Å². The number of imidazole rings is 1. The smallest absolute Gasteiger partial charge is 0.121 e. The fourth-order valence-electron chi connectivity index (χ4n) is 4.92. The quantitative estimate of drug-likeness (QED) is 0.113. The molecule has 0 bridgehead atoms. The first-order chi connectivity index (χ1) is 21.2. The average molecular weight is 579 g/mol. The maximum Gasteiger partial charge on any atom is 0.121 e. The van der Waals surface area contributed by atoms with Gasteiger partial charge >= 0.3 is 0 Å². The molecule has 9 heteroatoms. The van der Waals surface area contributed by atoms with Crippen LogP contribution in [0.25, 0.3) is 11.0 Å². The third-order valence-corrected chi connectivity index (χ3v) is 7.18. The second-order valence-electron chi connectivity index (χ2n) is 10.5. The molecule has 2 aromatic carbocycles. The van der Waals surface area contributed by atoms with Crippen molar-refractivity contribution in [2.45, 2.75) is 39.6 Å². The van der Waals surface area contributed by atoms with Gasteiger partial charge in [0.2, 0.25) is 0 Å². The summed E-state index contributed by atoms with van der Waals surface area (Å²) < 4.78 is 5.60. The minimum Gasteiger partial charge on any atom is -0.494 e. The highest BCUT2D eigenvalue weighted by Gasteiger charge is 2.08. The van der Waals surface area contributed by atoms with Crippen molar-refractivity contribution in [3.05, 3.63) is 120 Å². The van der Waals surface area contributed by atoms with E-state index in [1.807, 2.05) is 55.8 Å². The fraction of sp³-hybridized carbons (Fsp3) is 0.324. The summed E-state index contributed by atoms with van der Waals surface area (Å²) in [5, 5.41) is 10.6. The van der Waals surface area contributed by atoms with Gasteiger partial charge in [-0.2, -0.15) is 0 Å². The van der Waals surface area contributed by atoms with Crippen molar-refractivity contribution in [1.29, 1.82) is 0 Å². The minimum absolute atomic E-state index is 0.652. The molecule has 0 atom stereocenters. The van der Waals surface area contributed by atoms with Crippen LogP contribution in [0.5, 0.6) is 5.75 Å². The topological polar surface area (TPSA) is 103 Å². The Morgan fingerprint density at radius 2 is 1.49 bits per heavy atom. The van der Waals surface area contributed by atoms with Gasteiger partial charge in [0.05, 0.1) is 29.9 Å². The van der Waals surface area contributed by atoms with Gasteiger partial charge in [-0.25, -0.2) is 4.98 Å². The third-order valence-electron chi connectivity index (χ3n) is 7.18. The number of hydrogen-bond donors (Lipinski definition) is 4. The predicted molar refractivity (Wildman–Crippen MR) is 171 cm³/mol. The number of nitrogens with zero attached hydrogens (tertiary/aromatic N) is 4. The molecule has 5 aromatic rings. The lowest BCUT2D eigenvalue weighted by Crippen LogP contribution is -2.36. The van der Waals surface area contributed by atoms with E-state index in [2.05, 4.69) is 78.3 Å². The van der Waals surface area contributed by atoms with Gasteiger partial charge in [0.1, 0.15) is 11.6 Å². The zero-order valence-electron chi connectivity index (χ0n) is 24.9. The highest BCUT2D eigenvalue weighted by Crippen LogP contribution is 2.19. The van der Waals surface area contributed by atoms with Crippen LogP contribution in [0.1, 0.15) is 35.1 Å². The molecule has 5 rings (SSSR count). The molecule has 43 heavy (non-hydrogen) atoms. The van der Waals surface area contributed by atoms with Gasteiger partial charge < -0.3 is 25.7 Å². The van der Waals surface area contributed by atoms with Crippen LogP contribution >= 0.6 is 0 Å². The Bertz CT molecular complexity index is 1440. The van der Waals surface area contributed by atoms with Gasteiger partial charge in [-0.15, -0.1) is 0 Å². The van der Waals surface area contributed by atoms with Crippen LogP contribution < -0.4 is 20.7 Å². The summed E-state index contributed by atoms with van der Waals surface area (Å²) >= 11 is 0. The molecule has 0 saturated heterocycles. The lowest BCUT2D eigenvalue weighted by molar-refractivity contribution is 0.264. The number of aromatic amines is 1. The molecule has 0 radical (unpaired) electrons. The Hall–Kier alpha value is -4.15. The van der Waals surface area contributed by atoms with Crippen LogP contribution in [0, 0.1) is 0 Å². The molecule has 0 fully saturated rings. The van der Waals surface area contributed by atoms with Gasteiger partial charge in [-0.1, -0.05) is 30.3 Å². The number of benzene rings is 2. The first-order valence-electron chi connectivity index (χ1n) is 15.1. The van der Waals surface area contributed by atoms with Crippen LogP contribution in [0.3, 0.4) is 0 Å². The highest BCUT2D eigenvalue weighted by atomic mass is 16.5. The van der Waals surface area contributed by atoms with Crippen LogP contribution in [0.4, 0.5) is 0 Å². The van der Waals surface area contributed by atoms with Gasteiger partial charge in [0, 0.05) is 77.0 Å². The van der Waals surface area contributed by atoms with Crippen LogP contribution in [0.2, 0.25) is 0 Å². The molecule has 0 aliphatic rings. The largest absolute Gasteiger partial charge is 0.494 e. The number of ether oxygens (including phenoxy) is 1. The second-order valence-corrected chi connectivity index (χ2v) is 10.5. The number of nitrogens with one attached hydrogen (secondary N) is 4. The Balaban J connectivity index is 1.09. The first-order valence-corrected chi connectivity index (χ1v) is 15.1. The number of rotatable bonds is 18. The predicted octanol–water partition coefficient (Wildman–Crippen LogP) is 4.42. The monoisotopic (exact) mass is 578 g/mol. The van der Waals surface area contributed by atoms with Gasteiger partial charge in [-0.3, -0.25) is 14.9 Å². The maximum atomic E-state index is 5.60. The van der Waals surface area contributed by atoms with Gasteiger partial charge in [0.25, 0.3) is 0 Å². The van der Waals surface area contributed by atoms with Crippen molar-refractivity contribution in [1.82, 2.24) is 40.8 Å². The third kappa shape index (κ3) is 9.97. The van der Waals surface area contributed by atoms with E-state index in [1.165, 1.54) is 16.7 Å². The maximum absolute atomic E-state index is 5.60. The Morgan fingerprint density at radius 3 is 2.26 bits per heavy atom. The lowest BCUT2D eigenvalue weighted by atomic mass is 10.1. The Labute approximate surface area is 254 Å².